The fraction of sp³-hybridized carbons (Fsp3) is 0.240. The second-order valence-corrected chi connectivity index (χ2v) is 9.11. The fourth-order valence-electron chi connectivity index (χ4n) is 5.04. The van der Waals surface area contributed by atoms with Crippen LogP contribution in [-0.2, 0) is 14.3 Å². The number of aliphatic carboxylic acids is 1. The number of hydrogen-bond donors (Lipinski definition) is 2. The maximum Gasteiger partial charge on any atom is 0.341 e. The minimum atomic E-state index is -0.960. The molecule has 4 atom stereocenters. The molecule has 1 aromatic heterocycles. The first-order valence-corrected chi connectivity index (χ1v) is 11.3. The number of anilines is 1. The number of thiophene rings is 1. The summed E-state index contributed by atoms with van der Waals surface area (Å²) in [6.07, 6.45) is 4.51. The van der Waals surface area contributed by atoms with Gasteiger partial charge in [-0.2, -0.15) is 0 Å². The van der Waals surface area contributed by atoms with E-state index in [1.807, 2.05) is 60.0 Å². The molecule has 1 fully saturated rings. The monoisotopic (exact) mass is 447 g/mol. The number of carbonyl (C=O) groups is 3. The first kappa shape index (κ1) is 20.5. The molecule has 2 bridgehead atoms. The largest absolute Gasteiger partial charge is 0.481 e. The van der Waals surface area contributed by atoms with Gasteiger partial charge in [-0.15, -0.1) is 11.3 Å². The topological polar surface area (TPSA) is 92.7 Å². The van der Waals surface area contributed by atoms with E-state index in [1.165, 1.54) is 18.4 Å². The van der Waals surface area contributed by atoms with Crippen molar-refractivity contribution in [2.75, 3.05) is 12.4 Å². The molecule has 2 aliphatic carbocycles. The van der Waals surface area contributed by atoms with Gasteiger partial charge in [0.1, 0.15) is 10.6 Å². The molecule has 0 radical (unpaired) electrons. The van der Waals surface area contributed by atoms with Crippen molar-refractivity contribution >= 4 is 45.0 Å². The third kappa shape index (κ3) is 3.29. The number of nitrogens with one attached hydrogen (secondary N) is 1. The molecule has 2 aliphatic rings. The van der Waals surface area contributed by atoms with E-state index in [-0.39, 0.29) is 23.3 Å². The zero-order valence-corrected chi connectivity index (χ0v) is 18.1. The van der Waals surface area contributed by atoms with Crippen molar-refractivity contribution in [1.82, 2.24) is 0 Å². The van der Waals surface area contributed by atoms with Gasteiger partial charge < -0.3 is 15.2 Å². The highest BCUT2D eigenvalue weighted by atomic mass is 32.1. The summed E-state index contributed by atoms with van der Waals surface area (Å²) in [4.78, 5) is 37.6. The Hall–Kier alpha value is -3.45. The normalized spacial score (nSPS) is 23.4. The van der Waals surface area contributed by atoms with Crippen LogP contribution in [0.5, 0.6) is 0 Å². The van der Waals surface area contributed by atoms with Gasteiger partial charge in [-0.1, -0.05) is 48.6 Å². The summed E-state index contributed by atoms with van der Waals surface area (Å²) in [5.41, 5.74) is 1.80. The van der Waals surface area contributed by atoms with Crippen molar-refractivity contribution in [3.05, 3.63) is 65.6 Å². The average molecular weight is 448 g/mol. The molecule has 3 aromatic rings. The maximum absolute atomic E-state index is 13.1. The number of fused-ring (bicyclic) bond motifs is 3. The lowest BCUT2D eigenvalue weighted by Crippen LogP contribution is -2.36. The Labute approximate surface area is 188 Å². The Morgan fingerprint density at radius 2 is 1.75 bits per heavy atom. The van der Waals surface area contributed by atoms with Gasteiger partial charge in [-0.05, 0) is 40.7 Å². The second kappa shape index (κ2) is 7.91. The van der Waals surface area contributed by atoms with E-state index in [1.54, 1.807) is 0 Å². The Morgan fingerprint density at radius 1 is 1.03 bits per heavy atom. The molecule has 5 rings (SSSR count). The molecule has 0 saturated heterocycles. The van der Waals surface area contributed by atoms with Crippen molar-refractivity contribution in [2.45, 2.75) is 6.42 Å². The number of hydrogen-bond acceptors (Lipinski definition) is 5. The number of methoxy groups -OCH3 is 1. The Bertz CT molecular complexity index is 1280. The lowest BCUT2D eigenvalue weighted by molar-refractivity contribution is -0.146. The van der Waals surface area contributed by atoms with Crippen LogP contribution in [0.4, 0.5) is 5.00 Å². The molecule has 0 aliphatic heterocycles. The minimum absolute atomic E-state index is 0.0948. The lowest BCUT2D eigenvalue weighted by atomic mass is 9.82. The average Bonchev–Trinajstić information content (AvgIpc) is 3.52. The standard InChI is InChI=1S/C25H21NO5S/c1-31-25(30)21-18(15-7-6-13-4-2-3-5-14(13)10-15)12-32-23(21)26-22(27)19-16-8-9-17(11-16)20(19)24(28)29/h2-10,12,16-17,19-20H,11H2,1H3,(H,26,27)(H,28,29). The smallest absolute Gasteiger partial charge is 0.341 e. The van der Waals surface area contributed by atoms with Crippen LogP contribution < -0.4 is 5.32 Å². The molecule has 4 unspecified atom stereocenters. The minimum Gasteiger partial charge on any atom is -0.481 e. The maximum atomic E-state index is 13.1. The number of carboxylic acids is 1. The predicted octanol–water partition coefficient (Wildman–Crippen LogP) is 4.82. The van der Waals surface area contributed by atoms with Crippen LogP contribution >= 0.6 is 11.3 Å². The number of rotatable bonds is 5. The van der Waals surface area contributed by atoms with Crippen LogP contribution in [-0.4, -0.2) is 30.1 Å². The van der Waals surface area contributed by atoms with E-state index >= 15 is 0 Å². The highest BCUT2D eigenvalue weighted by molar-refractivity contribution is 7.15. The fourth-order valence-corrected chi connectivity index (χ4v) is 6.00. The van der Waals surface area contributed by atoms with E-state index in [9.17, 15) is 19.5 Å². The van der Waals surface area contributed by atoms with Crippen LogP contribution in [0.2, 0.25) is 0 Å². The third-order valence-electron chi connectivity index (χ3n) is 6.52. The zero-order valence-electron chi connectivity index (χ0n) is 17.3. The Balaban J connectivity index is 1.50. The van der Waals surface area contributed by atoms with Gasteiger partial charge in [0.25, 0.3) is 0 Å². The summed E-state index contributed by atoms with van der Waals surface area (Å²) < 4.78 is 5.01. The highest BCUT2D eigenvalue weighted by Gasteiger charge is 2.51. The number of ether oxygens (including phenoxy) is 1. The molecule has 6 nitrogen and oxygen atoms in total. The van der Waals surface area contributed by atoms with Crippen molar-refractivity contribution < 1.29 is 24.2 Å². The molecule has 2 aromatic carbocycles. The first-order chi connectivity index (χ1) is 15.5. The molecule has 7 heteroatoms. The highest BCUT2D eigenvalue weighted by Crippen LogP contribution is 2.49. The van der Waals surface area contributed by atoms with Gasteiger partial charge in [0.05, 0.1) is 18.9 Å². The first-order valence-electron chi connectivity index (χ1n) is 10.4. The molecular formula is C25H21NO5S. The van der Waals surface area contributed by atoms with E-state index in [2.05, 4.69) is 5.32 Å². The third-order valence-corrected chi connectivity index (χ3v) is 7.42. The number of allylic oxidation sites excluding steroid dienone is 2. The van der Waals surface area contributed by atoms with Crippen molar-refractivity contribution in [3.8, 4) is 11.1 Å². The van der Waals surface area contributed by atoms with Gasteiger partial charge in [-0.25, -0.2) is 4.79 Å². The molecule has 0 spiro atoms. The van der Waals surface area contributed by atoms with Crippen molar-refractivity contribution in [2.24, 2.45) is 23.7 Å². The van der Waals surface area contributed by atoms with E-state index in [4.69, 9.17) is 4.74 Å². The van der Waals surface area contributed by atoms with Crippen LogP contribution in [0.3, 0.4) is 0 Å². The Morgan fingerprint density at radius 3 is 2.47 bits per heavy atom. The van der Waals surface area contributed by atoms with E-state index < -0.39 is 23.8 Å². The van der Waals surface area contributed by atoms with Crippen molar-refractivity contribution in [3.63, 3.8) is 0 Å². The van der Waals surface area contributed by atoms with Gasteiger partial charge in [-0.3, -0.25) is 9.59 Å². The number of benzene rings is 2. The summed E-state index contributed by atoms with van der Waals surface area (Å²) in [7, 11) is 1.30. The summed E-state index contributed by atoms with van der Waals surface area (Å²) >= 11 is 1.24. The van der Waals surface area contributed by atoms with Crippen LogP contribution in [0.25, 0.3) is 21.9 Å². The molecule has 1 saturated carbocycles. The van der Waals surface area contributed by atoms with Gasteiger partial charge in [0.15, 0.2) is 0 Å². The number of esters is 1. The molecule has 1 amide bonds. The SMILES string of the molecule is COC(=O)c1c(-c2ccc3ccccc3c2)csc1NC(=O)C1C2C=CC(C2)C1C(=O)O. The predicted molar refractivity (Wildman–Crippen MR) is 123 cm³/mol. The van der Waals surface area contributed by atoms with Crippen LogP contribution in [0.15, 0.2) is 60.0 Å². The van der Waals surface area contributed by atoms with Crippen molar-refractivity contribution in [1.29, 1.82) is 0 Å². The van der Waals surface area contributed by atoms with Gasteiger partial charge >= 0.3 is 11.9 Å². The number of amides is 1. The van der Waals surface area contributed by atoms with Crippen LogP contribution in [0.1, 0.15) is 16.8 Å². The van der Waals surface area contributed by atoms with Gasteiger partial charge in [0, 0.05) is 10.9 Å². The van der Waals surface area contributed by atoms with E-state index in [0.29, 0.717) is 17.0 Å². The number of carboxylic acid groups (broad SMARTS) is 1. The summed E-state index contributed by atoms with van der Waals surface area (Å²) in [5, 5.41) is 16.8. The van der Waals surface area contributed by atoms with E-state index in [0.717, 1.165) is 16.3 Å². The summed E-state index contributed by atoms with van der Waals surface area (Å²) in [6, 6.07) is 13.9. The molecule has 32 heavy (non-hydrogen) atoms. The quantitative estimate of drug-likeness (QED) is 0.432. The second-order valence-electron chi connectivity index (χ2n) is 8.23. The summed E-state index contributed by atoms with van der Waals surface area (Å²) in [6.45, 7) is 0. The zero-order chi connectivity index (χ0) is 22.4. The van der Waals surface area contributed by atoms with Crippen LogP contribution in [0, 0.1) is 23.7 Å². The Kier molecular flexibility index (Phi) is 5.06. The molecular weight excluding hydrogens is 426 g/mol. The molecule has 2 N–H and O–H groups in total. The summed E-state index contributed by atoms with van der Waals surface area (Å²) in [5.74, 6) is -3.49. The molecule has 162 valence electrons. The van der Waals surface area contributed by atoms with Gasteiger partial charge in [0.2, 0.25) is 5.91 Å². The lowest BCUT2D eigenvalue weighted by Gasteiger charge is -2.23. The number of carbonyl (C=O) groups excluding carboxylic acids is 2. The molecule has 1 heterocycles.